The third kappa shape index (κ3) is 2.11. The van der Waals surface area contributed by atoms with E-state index in [0.29, 0.717) is 17.1 Å². The number of fused-ring (bicyclic) bond motifs is 1. The number of ether oxygens (including phenoxy) is 2. The van der Waals surface area contributed by atoms with Crippen LogP contribution < -0.4 is 10.1 Å². The molecule has 21 heavy (non-hydrogen) atoms. The van der Waals surface area contributed by atoms with Crippen LogP contribution in [0.3, 0.4) is 0 Å². The summed E-state index contributed by atoms with van der Waals surface area (Å²) in [7, 11) is 0. The third-order valence-corrected chi connectivity index (χ3v) is 3.84. The first-order valence-electron chi connectivity index (χ1n) is 7.15. The molecule has 0 saturated heterocycles. The van der Waals surface area contributed by atoms with E-state index in [4.69, 9.17) is 9.47 Å². The molecule has 1 aromatic rings. The standard InChI is InChI=1S/C17H19NO3/c1-5-13-6-7-15-14(8-13)18-17(21-15)9-10(2)20-12(4)16(17)11(3)19/h6-9,18H,5H2,1-4H3/t17-/m1/s1. The quantitative estimate of drug-likeness (QED) is 0.902. The summed E-state index contributed by atoms with van der Waals surface area (Å²) in [5.41, 5.74) is 1.70. The van der Waals surface area contributed by atoms with Gasteiger partial charge in [0.25, 0.3) is 0 Å². The molecule has 3 rings (SSSR count). The normalized spacial score (nSPS) is 23.1. The van der Waals surface area contributed by atoms with Crippen LogP contribution >= 0.6 is 0 Å². The van der Waals surface area contributed by atoms with Crippen LogP contribution in [-0.4, -0.2) is 11.5 Å². The van der Waals surface area contributed by atoms with Crippen LogP contribution in [-0.2, 0) is 16.0 Å². The van der Waals surface area contributed by atoms with Gasteiger partial charge in [-0.3, -0.25) is 4.79 Å². The molecule has 0 aliphatic carbocycles. The Labute approximate surface area is 124 Å². The molecule has 1 atom stereocenters. The molecule has 1 spiro atoms. The fourth-order valence-electron chi connectivity index (χ4n) is 3.01. The Bertz CT molecular complexity index is 687. The largest absolute Gasteiger partial charge is 0.466 e. The van der Waals surface area contributed by atoms with E-state index in [0.717, 1.165) is 17.9 Å². The molecule has 0 amide bonds. The van der Waals surface area contributed by atoms with E-state index in [1.54, 1.807) is 6.92 Å². The Morgan fingerprint density at radius 1 is 1.33 bits per heavy atom. The van der Waals surface area contributed by atoms with Gasteiger partial charge in [0, 0.05) is 6.08 Å². The van der Waals surface area contributed by atoms with Crippen LogP contribution in [0, 0.1) is 0 Å². The predicted molar refractivity (Wildman–Crippen MR) is 81.0 cm³/mol. The summed E-state index contributed by atoms with van der Waals surface area (Å²) in [6, 6.07) is 6.05. The van der Waals surface area contributed by atoms with Crippen molar-refractivity contribution in [2.75, 3.05) is 5.32 Å². The molecule has 2 heterocycles. The second-order valence-corrected chi connectivity index (χ2v) is 5.49. The number of rotatable bonds is 2. The number of hydrogen-bond donors (Lipinski definition) is 1. The molecule has 1 N–H and O–H groups in total. The SMILES string of the molecule is CCc1ccc2c(c1)N[C@]1(C=C(C)OC(C)=C1C(C)=O)O2. The van der Waals surface area contributed by atoms with Crippen molar-refractivity contribution in [1.29, 1.82) is 0 Å². The molecule has 4 heteroatoms. The van der Waals surface area contributed by atoms with Crippen LogP contribution in [0.2, 0.25) is 0 Å². The average Bonchev–Trinajstić information content (AvgIpc) is 2.73. The summed E-state index contributed by atoms with van der Waals surface area (Å²) in [5.74, 6) is 1.99. The lowest BCUT2D eigenvalue weighted by Gasteiger charge is -2.32. The first-order valence-corrected chi connectivity index (χ1v) is 7.15. The lowest BCUT2D eigenvalue weighted by molar-refractivity contribution is -0.115. The highest BCUT2D eigenvalue weighted by atomic mass is 16.5. The number of anilines is 1. The summed E-state index contributed by atoms with van der Waals surface area (Å²) in [6.45, 7) is 7.29. The summed E-state index contributed by atoms with van der Waals surface area (Å²) >= 11 is 0. The molecule has 0 bridgehead atoms. The maximum atomic E-state index is 12.1. The second-order valence-electron chi connectivity index (χ2n) is 5.49. The van der Waals surface area contributed by atoms with E-state index < -0.39 is 5.72 Å². The molecule has 110 valence electrons. The third-order valence-electron chi connectivity index (χ3n) is 3.84. The van der Waals surface area contributed by atoms with Gasteiger partial charge in [-0.25, -0.2) is 0 Å². The average molecular weight is 285 g/mol. The number of Topliss-reactive ketones (excluding diaryl/α,β-unsaturated/α-hetero) is 1. The van der Waals surface area contributed by atoms with E-state index in [1.807, 2.05) is 25.1 Å². The predicted octanol–water partition coefficient (Wildman–Crippen LogP) is 3.55. The fourth-order valence-corrected chi connectivity index (χ4v) is 3.01. The van der Waals surface area contributed by atoms with Crippen molar-refractivity contribution in [3.8, 4) is 5.75 Å². The molecule has 0 fully saturated rings. The Kier molecular flexibility index (Phi) is 3.04. The minimum absolute atomic E-state index is 0.0627. The van der Waals surface area contributed by atoms with Gasteiger partial charge < -0.3 is 14.8 Å². The summed E-state index contributed by atoms with van der Waals surface area (Å²) in [4.78, 5) is 12.1. The van der Waals surface area contributed by atoms with Crippen molar-refractivity contribution < 1.29 is 14.3 Å². The van der Waals surface area contributed by atoms with Gasteiger partial charge >= 0.3 is 0 Å². The van der Waals surface area contributed by atoms with Gasteiger partial charge in [0.2, 0.25) is 5.72 Å². The van der Waals surface area contributed by atoms with E-state index in [-0.39, 0.29) is 5.78 Å². The zero-order valence-electron chi connectivity index (χ0n) is 12.7. The lowest BCUT2D eigenvalue weighted by atomic mass is 9.95. The minimum atomic E-state index is -0.951. The molecule has 0 radical (unpaired) electrons. The van der Waals surface area contributed by atoms with Crippen molar-refractivity contribution in [1.82, 2.24) is 0 Å². The molecule has 0 unspecified atom stereocenters. The number of benzene rings is 1. The Morgan fingerprint density at radius 2 is 2.10 bits per heavy atom. The van der Waals surface area contributed by atoms with E-state index in [1.165, 1.54) is 12.5 Å². The molecule has 1 aromatic carbocycles. The van der Waals surface area contributed by atoms with Gasteiger partial charge in [-0.1, -0.05) is 13.0 Å². The molecule has 0 aromatic heterocycles. The van der Waals surface area contributed by atoms with Crippen LogP contribution in [0.25, 0.3) is 0 Å². The summed E-state index contributed by atoms with van der Waals surface area (Å²) in [5, 5.41) is 3.36. The van der Waals surface area contributed by atoms with Crippen LogP contribution in [0.4, 0.5) is 5.69 Å². The van der Waals surface area contributed by atoms with Gasteiger partial charge in [0.1, 0.15) is 22.8 Å². The monoisotopic (exact) mass is 285 g/mol. The number of ketones is 1. The van der Waals surface area contributed by atoms with E-state index >= 15 is 0 Å². The first-order chi connectivity index (χ1) is 9.95. The molecule has 0 saturated carbocycles. The van der Waals surface area contributed by atoms with E-state index in [9.17, 15) is 4.79 Å². The number of nitrogens with one attached hydrogen (secondary N) is 1. The summed E-state index contributed by atoms with van der Waals surface area (Å²) < 4.78 is 11.7. The fraction of sp³-hybridized carbons (Fsp3) is 0.353. The van der Waals surface area contributed by atoms with Crippen LogP contribution in [0.15, 0.2) is 41.4 Å². The maximum absolute atomic E-state index is 12.1. The number of carbonyl (C=O) groups excluding carboxylic acids is 1. The highest BCUT2D eigenvalue weighted by molar-refractivity contribution is 5.98. The minimum Gasteiger partial charge on any atom is -0.466 e. The zero-order valence-corrected chi connectivity index (χ0v) is 12.7. The Hall–Kier alpha value is -2.23. The van der Waals surface area contributed by atoms with Crippen LogP contribution in [0.5, 0.6) is 5.75 Å². The van der Waals surface area contributed by atoms with Gasteiger partial charge in [0.05, 0.1) is 5.69 Å². The molecule has 2 aliphatic heterocycles. The maximum Gasteiger partial charge on any atom is 0.237 e. The van der Waals surface area contributed by atoms with Gasteiger partial charge in [0.15, 0.2) is 5.78 Å². The molecular formula is C17H19NO3. The molecular weight excluding hydrogens is 266 g/mol. The Morgan fingerprint density at radius 3 is 2.76 bits per heavy atom. The van der Waals surface area contributed by atoms with Gasteiger partial charge in [-0.05, 0) is 44.9 Å². The van der Waals surface area contributed by atoms with Crippen molar-refractivity contribution in [2.45, 2.75) is 39.8 Å². The van der Waals surface area contributed by atoms with Gasteiger partial charge in [-0.15, -0.1) is 0 Å². The highest BCUT2D eigenvalue weighted by Gasteiger charge is 2.46. The summed E-state index contributed by atoms with van der Waals surface area (Å²) in [6.07, 6.45) is 2.77. The molecule has 2 aliphatic rings. The Balaban J connectivity index is 2.09. The number of hydrogen-bond acceptors (Lipinski definition) is 4. The zero-order chi connectivity index (χ0) is 15.2. The highest BCUT2D eigenvalue weighted by Crippen LogP contribution is 2.44. The first kappa shape index (κ1) is 13.7. The second kappa shape index (κ2) is 4.65. The smallest absolute Gasteiger partial charge is 0.237 e. The van der Waals surface area contributed by atoms with E-state index in [2.05, 4.69) is 18.3 Å². The lowest BCUT2D eigenvalue weighted by Crippen LogP contribution is -2.45. The van der Waals surface area contributed by atoms with Crippen molar-refractivity contribution in [2.24, 2.45) is 0 Å². The number of aryl methyl sites for hydroxylation is 1. The van der Waals surface area contributed by atoms with Crippen LogP contribution in [0.1, 0.15) is 33.3 Å². The van der Waals surface area contributed by atoms with Gasteiger partial charge in [-0.2, -0.15) is 0 Å². The van der Waals surface area contributed by atoms with Crippen molar-refractivity contribution in [3.63, 3.8) is 0 Å². The number of carbonyl (C=O) groups is 1. The van der Waals surface area contributed by atoms with Crippen molar-refractivity contribution >= 4 is 11.5 Å². The topological polar surface area (TPSA) is 47.6 Å². The molecule has 4 nitrogen and oxygen atoms in total. The number of allylic oxidation sites excluding steroid dienone is 2. The van der Waals surface area contributed by atoms with Crippen molar-refractivity contribution in [3.05, 3.63) is 46.9 Å².